The monoisotopic (exact) mass is 641 g/mol. The van der Waals surface area contributed by atoms with Gasteiger partial charge in [-0.05, 0) is 65.9 Å². The summed E-state index contributed by atoms with van der Waals surface area (Å²) < 4.78 is 62.1. The van der Waals surface area contributed by atoms with Gasteiger partial charge in [0.15, 0.2) is 11.0 Å². The smallest absolute Gasteiger partial charge is 0.448 e. The highest BCUT2D eigenvalue weighted by atomic mass is 32.2. The van der Waals surface area contributed by atoms with Crippen molar-refractivity contribution in [2.45, 2.75) is 39.5 Å². The lowest BCUT2D eigenvalue weighted by molar-refractivity contribution is -0.274. The number of carbonyl (C=O) groups is 2. The van der Waals surface area contributed by atoms with Gasteiger partial charge in [-0.3, -0.25) is 9.69 Å². The SMILES string of the molecule is Cc1cc(N2C(=O)CSC2=NC(=O)OCCc2ccc(-c3ncn(-c4ccc(OC(F)(F)F)cc4)n3)cc2)c(C(C)C)cc1F. The molecule has 1 saturated heterocycles. The van der Waals surface area contributed by atoms with Crippen LogP contribution in [-0.4, -0.2) is 50.7 Å². The summed E-state index contributed by atoms with van der Waals surface area (Å²) in [5.74, 6) is -0.525. The lowest BCUT2D eigenvalue weighted by Crippen LogP contribution is -2.31. The van der Waals surface area contributed by atoms with E-state index in [0.29, 0.717) is 40.3 Å². The highest BCUT2D eigenvalue weighted by molar-refractivity contribution is 8.15. The van der Waals surface area contributed by atoms with E-state index in [2.05, 4.69) is 19.8 Å². The Bertz CT molecular complexity index is 1740. The predicted octanol–water partition coefficient (Wildman–Crippen LogP) is 7.22. The van der Waals surface area contributed by atoms with Crippen LogP contribution in [0, 0.1) is 12.7 Å². The molecule has 1 aromatic heterocycles. The number of halogens is 4. The van der Waals surface area contributed by atoms with E-state index in [1.165, 1.54) is 46.2 Å². The molecule has 0 radical (unpaired) electrons. The minimum Gasteiger partial charge on any atom is -0.448 e. The lowest BCUT2D eigenvalue weighted by atomic mass is 9.98. The number of nitrogens with zero attached hydrogens (tertiary/aromatic N) is 5. The van der Waals surface area contributed by atoms with Crippen LogP contribution in [0.5, 0.6) is 5.75 Å². The molecule has 234 valence electrons. The number of carbonyl (C=O) groups excluding carboxylic acids is 2. The van der Waals surface area contributed by atoms with Crippen molar-refractivity contribution in [1.82, 2.24) is 14.8 Å². The molecule has 45 heavy (non-hydrogen) atoms. The molecule has 14 heteroatoms. The molecular weight excluding hydrogens is 614 g/mol. The van der Waals surface area contributed by atoms with Gasteiger partial charge in [0.25, 0.3) is 0 Å². The zero-order valence-corrected chi connectivity index (χ0v) is 25.2. The van der Waals surface area contributed by atoms with Crippen molar-refractivity contribution >= 4 is 34.6 Å². The van der Waals surface area contributed by atoms with E-state index in [1.54, 1.807) is 25.1 Å². The highest BCUT2D eigenvalue weighted by Gasteiger charge is 2.33. The molecule has 0 saturated carbocycles. The number of rotatable bonds is 8. The maximum absolute atomic E-state index is 14.3. The Kier molecular flexibility index (Phi) is 9.23. The van der Waals surface area contributed by atoms with E-state index in [9.17, 15) is 27.2 Å². The fourth-order valence-corrected chi connectivity index (χ4v) is 5.38. The molecule has 0 atom stereocenters. The normalized spacial score (nSPS) is 14.4. The number of thioether (sulfide) groups is 1. The molecule has 4 aromatic rings. The first-order valence-corrected chi connectivity index (χ1v) is 14.7. The summed E-state index contributed by atoms with van der Waals surface area (Å²) in [6.07, 6.45) is -3.77. The second-order valence-corrected chi connectivity index (χ2v) is 11.3. The van der Waals surface area contributed by atoms with E-state index in [1.807, 2.05) is 26.0 Å². The van der Waals surface area contributed by atoms with Crippen LogP contribution in [0.3, 0.4) is 0 Å². The number of benzene rings is 3. The van der Waals surface area contributed by atoms with Gasteiger partial charge < -0.3 is 9.47 Å². The number of hydrogen-bond donors (Lipinski definition) is 0. The molecule has 9 nitrogen and oxygen atoms in total. The zero-order valence-electron chi connectivity index (χ0n) is 24.3. The van der Waals surface area contributed by atoms with E-state index in [4.69, 9.17) is 4.74 Å². The number of amidine groups is 1. The van der Waals surface area contributed by atoms with Crippen molar-refractivity contribution in [3.8, 4) is 22.8 Å². The van der Waals surface area contributed by atoms with Crippen molar-refractivity contribution in [2.24, 2.45) is 4.99 Å². The number of aliphatic imine (C=N–C) groups is 1. The number of aromatic nitrogens is 3. The average Bonchev–Trinajstić information content (AvgIpc) is 3.61. The molecule has 0 aliphatic carbocycles. The van der Waals surface area contributed by atoms with Crippen molar-refractivity contribution < 1.29 is 36.6 Å². The first kappa shape index (κ1) is 31.7. The Hall–Kier alpha value is -4.72. The fourth-order valence-electron chi connectivity index (χ4n) is 4.53. The Labute approximate surface area is 259 Å². The molecule has 1 fully saturated rings. The third kappa shape index (κ3) is 7.69. The number of hydrogen-bond acceptors (Lipinski definition) is 7. The van der Waals surface area contributed by atoms with Crippen LogP contribution < -0.4 is 9.64 Å². The van der Waals surface area contributed by atoms with Gasteiger partial charge in [-0.25, -0.2) is 18.9 Å². The molecule has 0 unspecified atom stereocenters. The summed E-state index contributed by atoms with van der Waals surface area (Å²) in [5, 5.41) is 4.57. The summed E-state index contributed by atoms with van der Waals surface area (Å²) in [5.41, 5.74) is 3.59. The predicted molar refractivity (Wildman–Crippen MR) is 161 cm³/mol. The molecular formula is C31H27F4N5O4S. The van der Waals surface area contributed by atoms with E-state index >= 15 is 0 Å². The third-order valence-corrected chi connectivity index (χ3v) is 7.70. The first-order valence-electron chi connectivity index (χ1n) is 13.8. The quantitative estimate of drug-likeness (QED) is 0.187. The molecule has 5 rings (SSSR count). The first-order chi connectivity index (χ1) is 21.4. The van der Waals surface area contributed by atoms with Gasteiger partial charge in [-0.15, -0.1) is 18.3 Å². The number of aryl methyl sites for hydroxylation is 1. The Morgan fingerprint density at radius 2 is 1.80 bits per heavy atom. The molecule has 1 aliphatic rings. The molecule has 2 amide bonds. The molecule has 0 bridgehead atoms. The number of ether oxygens (including phenoxy) is 2. The molecule has 1 aliphatic heterocycles. The van der Waals surface area contributed by atoms with E-state index in [-0.39, 0.29) is 40.9 Å². The van der Waals surface area contributed by atoms with Gasteiger partial charge in [-0.1, -0.05) is 49.9 Å². The van der Waals surface area contributed by atoms with Crippen molar-refractivity contribution in [3.05, 3.63) is 89.5 Å². The second-order valence-electron chi connectivity index (χ2n) is 10.3. The standard InChI is InChI=1S/C31H27F4N5O4S/c1-18(2)24-15-25(32)19(3)14-26(24)40-27(41)16-45-29(40)37-30(42)43-13-12-20-4-6-21(7-5-20)28-36-17-39(38-28)22-8-10-23(11-9-22)44-31(33,34)35/h4-11,14-15,17-18H,12-13,16H2,1-3H3. The summed E-state index contributed by atoms with van der Waals surface area (Å²) in [6.45, 7) is 5.44. The average molecular weight is 642 g/mol. The maximum Gasteiger partial charge on any atom is 0.573 e. The van der Waals surface area contributed by atoms with Crippen LogP contribution in [0.2, 0.25) is 0 Å². The van der Waals surface area contributed by atoms with Gasteiger partial charge in [-0.2, -0.15) is 4.99 Å². The Morgan fingerprint density at radius 3 is 2.47 bits per heavy atom. The minimum atomic E-state index is -4.77. The minimum absolute atomic E-state index is 0.0431. The van der Waals surface area contributed by atoms with E-state index < -0.39 is 12.5 Å². The highest BCUT2D eigenvalue weighted by Crippen LogP contribution is 2.35. The Balaban J connectivity index is 1.18. The van der Waals surface area contributed by atoms with Gasteiger partial charge >= 0.3 is 12.5 Å². The summed E-state index contributed by atoms with van der Waals surface area (Å²) >= 11 is 1.12. The maximum atomic E-state index is 14.3. The van der Waals surface area contributed by atoms with Crippen molar-refractivity contribution in [2.75, 3.05) is 17.3 Å². The van der Waals surface area contributed by atoms with Gasteiger partial charge in [0, 0.05) is 12.0 Å². The molecule has 0 spiro atoms. The number of alkyl halides is 3. The summed E-state index contributed by atoms with van der Waals surface area (Å²) in [7, 11) is 0. The molecule has 0 N–H and O–H groups in total. The lowest BCUT2D eigenvalue weighted by Gasteiger charge is -2.22. The van der Waals surface area contributed by atoms with Crippen LogP contribution in [0.1, 0.15) is 36.5 Å². The second kappa shape index (κ2) is 13.1. The van der Waals surface area contributed by atoms with Gasteiger partial charge in [0.1, 0.15) is 17.9 Å². The van der Waals surface area contributed by atoms with Crippen LogP contribution in [0.4, 0.5) is 28.0 Å². The van der Waals surface area contributed by atoms with Gasteiger partial charge in [0.05, 0.1) is 23.7 Å². The molecule has 3 aromatic carbocycles. The zero-order chi connectivity index (χ0) is 32.3. The van der Waals surface area contributed by atoms with Crippen LogP contribution in [0.25, 0.3) is 17.1 Å². The summed E-state index contributed by atoms with van der Waals surface area (Å²) in [4.78, 5) is 34.9. The Morgan fingerprint density at radius 1 is 1.09 bits per heavy atom. The summed E-state index contributed by atoms with van der Waals surface area (Å²) in [6, 6.07) is 15.5. The largest absolute Gasteiger partial charge is 0.573 e. The van der Waals surface area contributed by atoms with Gasteiger partial charge in [0.2, 0.25) is 5.91 Å². The fraction of sp³-hybridized carbons (Fsp3) is 0.258. The van der Waals surface area contributed by atoms with Crippen LogP contribution in [-0.2, 0) is 16.0 Å². The number of anilines is 1. The topological polar surface area (TPSA) is 98.9 Å². The van der Waals surface area contributed by atoms with Crippen LogP contribution >= 0.6 is 11.8 Å². The number of amides is 2. The third-order valence-electron chi connectivity index (χ3n) is 6.78. The van der Waals surface area contributed by atoms with Crippen LogP contribution in [0.15, 0.2) is 72.0 Å². The van der Waals surface area contributed by atoms with Crippen molar-refractivity contribution in [1.29, 1.82) is 0 Å². The molecule has 2 heterocycles. The van der Waals surface area contributed by atoms with E-state index in [0.717, 1.165) is 17.3 Å². The van der Waals surface area contributed by atoms with Crippen molar-refractivity contribution in [3.63, 3.8) is 0 Å².